The van der Waals surface area contributed by atoms with Gasteiger partial charge in [-0.15, -0.1) is 11.8 Å². The fourth-order valence-corrected chi connectivity index (χ4v) is 2.82. The zero-order valence-electron chi connectivity index (χ0n) is 10.2. The first-order valence-electron chi connectivity index (χ1n) is 5.97. The zero-order valence-corrected chi connectivity index (χ0v) is 11.0. The minimum absolute atomic E-state index is 0.0875. The highest BCUT2D eigenvalue weighted by Crippen LogP contribution is 2.45. The van der Waals surface area contributed by atoms with Crippen molar-refractivity contribution in [2.45, 2.75) is 24.7 Å². The van der Waals surface area contributed by atoms with Crippen molar-refractivity contribution in [3.05, 3.63) is 29.8 Å². The molecule has 1 aromatic rings. The van der Waals surface area contributed by atoms with Gasteiger partial charge in [-0.2, -0.15) is 0 Å². The molecule has 3 atom stereocenters. The molecule has 1 fully saturated rings. The third kappa shape index (κ3) is 3.03. The summed E-state index contributed by atoms with van der Waals surface area (Å²) in [7, 11) is 0. The van der Waals surface area contributed by atoms with Crippen molar-refractivity contribution in [2.24, 2.45) is 17.8 Å². The fraction of sp³-hybridized carbons (Fsp3) is 0.500. The Morgan fingerprint density at radius 3 is 2.59 bits per heavy atom. The van der Waals surface area contributed by atoms with Gasteiger partial charge in [0.05, 0.1) is 5.92 Å². The number of thioether (sulfide) groups is 1. The summed E-state index contributed by atoms with van der Waals surface area (Å²) in [6.07, 6.45) is 3.92. The van der Waals surface area contributed by atoms with Crippen LogP contribution in [0, 0.1) is 17.8 Å². The highest BCUT2D eigenvalue weighted by atomic mass is 32.2. The number of hydrogen-bond donors (Lipinski definition) is 1. The SMILES string of the molecule is CSc1ccc(CC(C)C2CC2C(=O)O)cc1. The topological polar surface area (TPSA) is 37.3 Å². The van der Waals surface area contributed by atoms with Crippen LogP contribution >= 0.6 is 11.8 Å². The molecular weight excluding hydrogens is 232 g/mol. The molecule has 3 heteroatoms. The summed E-state index contributed by atoms with van der Waals surface area (Å²) in [4.78, 5) is 12.1. The van der Waals surface area contributed by atoms with Gasteiger partial charge in [-0.1, -0.05) is 19.1 Å². The van der Waals surface area contributed by atoms with Crippen molar-refractivity contribution in [1.29, 1.82) is 0 Å². The molecule has 1 aliphatic rings. The summed E-state index contributed by atoms with van der Waals surface area (Å²) < 4.78 is 0. The van der Waals surface area contributed by atoms with Gasteiger partial charge in [-0.05, 0) is 48.6 Å². The van der Waals surface area contributed by atoms with Gasteiger partial charge in [-0.3, -0.25) is 4.79 Å². The number of rotatable bonds is 5. The fourth-order valence-electron chi connectivity index (χ4n) is 2.41. The van der Waals surface area contributed by atoms with Crippen molar-refractivity contribution in [1.82, 2.24) is 0 Å². The highest BCUT2D eigenvalue weighted by Gasteiger charge is 2.45. The molecule has 17 heavy (non-hydrogen) atoms. The highest BCUT2D eigenvalue weighted by molar-refractivity contribution is 7.98. The Bertz CT molecular complexity index is 399. The summed E-state index contributed by atoms with van der Waals surface area (Å²) in [5.74, 6) is 0.138. The predicted octanol–water partition coefficient (Wildman–Crippen LogP) is 3.31. The number of carboxylic acid groups (broad SMARTS) is 1. The van der Waals surface area contributed by atoms with E-state index in [0.29, 0.717) is 11.8 Å². The number of carbonyl (C=O) groups is 1. The Hall–Kier alpha value is -0.960. The average molecular weight is 250 g/mol. The molecule has 2 rings (SSSR count). The Morgan fingerprint density at radius 2 is 2.12 bits per heavy atom. The van der Waals surface area contributed by atoms with Crippen molar-refractivity contribution < 1.29 is 9.90 Å². The van der Waals surface area contributed by atoms with E-state index in [9.17, 15) is 4.79 Å². The van der Waals surface area contributed by atoms with E-state index in [1.54, 1.807) is 11.8 Å². The van der Waals surface area contributed by atoms with E-state index in [0.717, 1.165) is 12.8 Å². The van der Waals surface area contributed by atoms with Crippen LogP contribution < -0.4 is 0 Å². The van der Waals surface area contributed by atoms with Crippen LogP contribution in [0.2, 0.25) is 0 Å². The van der Waals surface area contributed by atoms with Crippen LogP contribution in [-0.2, 0) is 11.2 Å². The number of benzene rings is 1. The molecule has 1 saturated carbocycles. The first-order valence-corrected chi connectivity index (χ1v) is 7.20. The Labute approximate surface area is 106 Å². The van der Waals surface area contributed by atoms with E-state index >= 15 is 0 Å². The molecule has 0 amide bonds. The Morgan fingerprint density at radius 1 is 1.47 bits per heavy atom. The second kappa shape index (κ2) is 5.13. The van der Waals surface area contributed by atoms with Gasteiger partial charge in [0.25, 0.3) is 0 Å². The van der Waals surface area contributed by atoms with E-state index in [1.807, 2.05) is 0 Å². The van der Waals surface area contributed by atoms with Gasteiger partial charge in [0.2, 0.25) is 0 Å². The molecule has 3 unspecified atom stereocenters. The standard InChI is InChI=1S/C14H18O2S/c1-9(12-8-13(12)14(15)16)7-10-3-5-11(17-2)6-4-10/h3-6,9,12-13H,7-8H2,1-2H3,(H,15,16). The van der Waals surface area contributed by atoms with Crippen molar-refractivity contribution in [3.63, 3.8) is 0 Å². The molecule has 0 radical (unpaired) electrons. The molecule has 1 aromatic carbocycles. The second-order valence-corrected chi connectivity index (χ2v) is 5.75. The molecule has 2 nitrogen and oxygen atoms in total. The first kappa shape index (κ1) is 12.5. The minimum atomic E-state index is -0.625. The molecule has 0 saturated heterocycles. The second-order valence-electron chi connectivity index (χ2n) is 4.87. The van der Waals surface area contributed by atoms with Crippen molar-refractivity contribution in [3.8, 4) is 0 Å². The smallest absolute Gasteiger partial charge is 0.306 e. The van der Waals surface area contributed by atoms with Crippen LogP contribution in [0.1, 0.15) is 18.9 Å². The normalized spacial score (nSPS) is 24.4. The van der Waals surface area contributed by atoms with E-state index in [1.165, 1.54) is 10.5 Å². The van der Waals surface area contributed by atoms with E-state index in [2.05, 4.69) is 37.4 Å². The molecule has 0 bridgehead atoms. The number of hydrogen-bond acceptors (Lipinski definition) is 2. The lowest BCUT2D eigenvalue weighted by atomic mass is 9.95. The summed E-state index contributed by atoms with van der Waals surface area (Å²) >= 11 is 1.74. The summed E-state index contributed by atoms with van der Waals surface area (Å²) in [5, 5.41) is 8.90. The lowest BCUT2D eigenvalue weighted by Crippen LogP contribution is -2.08. The molecule has 0 aromatic heterocycles. The maximum Gasteiger partial charge on any atom is 0.306 e. The van der Waals surface area contributed by atoms with Crippen molar-refractivity contribution >= 4 is 17.7 Å². The number of carboxylic acids is 1. The minimum Gasteiger partial charge on any atom is -0.481 e. The van der Waals surface area contributed by atoms with Crippen LogP contribution in [0.25, 0.3) is 0 Å². The first-order chi connectivity index (χ1) is 8.11. The maximum atomic E-state index is 10.8. The van der Waals surface area contributed by atoms with Gasteiger partial charge in [0.1, 0.15) is 0 Å². The summed E-state index contributed by atoms with van der Waals surface area (Å²) in [6.45, 7) is 2.16. The van der Waals surface area contributed by atoms with Gasteiger partial charge in [-0.25, -0.2) is 0 Å². The lowest BCUT2D eigenvalue weighted by molar-refractivity contribution is -0.139. The monoisotopic (exact) mass is 250 g/mol. The Kier molecular flexibility index (Phi) is 3.77. The molecular formula is C14H18O2S. The summed E-state index contributed by atoms with van der Waals surface area (Å²) in [5.41, 5.74) is 1.31. The molecule has 1 aliphatic carbocycles. The van der Waals surface area contributed by atoms with Gasteiger partial charge in [0, 0.05) is 4.90 Å². The van der Waals surface area contributed by atoms with Crippen LogP contribution in [0.15, 0.2) is 29.2 Å². The number of aliphatic carboxylic acids is 1. The van der Waals surface area contributed by atoms with Crippen LogP contribution in [0.3, 0.4) is 0 Å². The molecule has 92 valence electrons. The third-order valence-electron chi connectivity index (χ3n) is 3.60. The molecule has 1 N–H and O–H groups in total. The third-order valence-corrected chi connectivity index (χ3v) is 4.35. The maximum absolute atomic E-state index is 10.8. The molecule has 0 heterocycles. The van der Waals surface area contributed by atoms with E-state index in [-0.39, 0.29) is 5.92 Å². The Balaban J connectivity index is 1.90. The quantitative estimate of drug-likeness (QED) is 0.815. The van der Waals surface area contributed by atoms with Crippen LogP contribution in [0.4, 0.5) is 0 Å². The summed E-state index contributed by atoms with van der Waals surface area (Å²) in [6, 6.07) is 8.57. The van der Waals surface area contributed by atoms with Gasteiger partial charge in [0.15, 0.2) is 0 Å². The van der Waals surface area contributed by atoms with Gasteiger partial charge < -0.3 is 5.11 Å². The van der Waals surface area contributed by atoms with Crippen LogP contribution in [0.5, 0.6) is 0 Å². The zero-order chi connectivity index (χ0) is 12.4. The lowest BCUT2D eigenvalue weighted by Gasteiger charge is -2.10. The molecule has 0 spiro atoms. The van der Waals surface area contributed by atoms with Gasteiger partial charge >= 0.3 is 5.97 Å². The van der Waals surface area contributed by atoms with E-state index < -0.39 is 5.97 Å². The van der Waals surface area contributed by atoms with Crippen molar-refractivity contribution in [2.75, 3.05) is 6.26 Å². The predicted molar refractivity (Wildman–Crippen MR) is 70.3 cm³/mol. The average Bonchev–Trinajstić information content (AvgIpc) is 3.10. The van der Waals surface area contributed by atoms with E-state index in [4.69, 9.17) is 5.11 Å². The largest absolute Gasteiger partial charge is 0.481 e. The molecule has 0 aliphatic heterocycles. The van der Waals surface area contributed by atoms with Crippen LogP contribution in [-0.4, -0.2) is 17.3 Å².